The SMILES string of the molecule is CC[C@H](C=C1OC(=O)C2=C3c4cc(O)ccc4-c4cccc(c4)[C@@H](NC)C=C[C@]45CCC6=C(C(=O)OC6=CC[C@H](C)CO)[C@@H]4[C@@]12CC[C@H]35)Cc1ccccc1. The molecule has 0 amide bonds. The van der Waals surface area contributed by atoms with E-state index >= 15 is 0 Å². The molecule has 7 atom stereocenters. The zero-order chi connectivity index (χ0) is 38.1. The van der Waals surface area contributed by atoms with E-state index in [9.17, 15) is 19.8 Å². The van der Waals surface area contributed by atoms with Gasteiger partial charge in [0.15, 0.2) is 0 Å². The fourth-order valence-corrected chi connectivity index (χ4v) is 11.0. The molecule has 2 heterocycles. The molecule has 7 aliphatic rings. The van der Waals surface area contributed by atoms with Crippen molar-refractivity contribution in [3.05, 3.63) is 142 Å². The molecule has 55 heavy (non-hydrogen) atoms. The van der Waals surface area contributed by atoms with Crippen LogP contribution in [0, 0.1) is 34.5 Å². The van der Waals surface area contributed by atoms with Crippen LogP contribution >= 0.6 is 0 Å². The molecular weight excluding hydrogens is 687 g/mol. The number of hydrogen-bond donors (Lipinski definition) is 3. The van der Waals surface area contributed by atoms with Gasteiger partial charge in [0.2, 0.25) is 0 Å². The van der Waals surface area contributed by atoms with Crippen LogP contribution in [-0.4, -0.2) is 35.8 Å². The molecule has 1 saturated heterocycles. The number of benzene rings is 3. The lowest BCUT2D eigenvalue weighted by molar-refractivity contribution is -0.135. The molecule has 0 radical (unpaired) electrons. The van der Waals surface area contributed by atoms with Crippen LogP contribution in [-0.2, 0) is 25.5 Å². The van der Waals surface area contributed by atoms with Crippen molar-refractivity contribution in [1.29, 1.82) is 0 Å². The molecule has 3 N–H and O–H groups in total. The Kier molecular flexibility index (Phi) is 8.86. The number of fused-ring (bicyclic) bond motifs is 5. The van der Waals surface area contributed by atoms with Crippen LogP contribution in [0.5, 0.6) is 5.75 Å². The summed E-state index contributed by atoms with van der Waals surface area (Å²) in [6.07, 6.45) is 13.8. The second-order valence-corrected chi connectivity index (χ2v) is 16.5. The van der Waals surface area contributed by atoms with E-state index in [1.807, 2.05) is 38.2 Å². The maximum Gasteiger partial charge on any atom is 0.340 e. The number of phenols is 1. The van der Waals surface area contributed by atoms with Gasteiger partial charge in [0.05, 0.1) is 17.0 Å². The number of phenolic OH excluding ortho intramolecular Hbond substituents is 1. The van der Waals surface area contributed by atoms with E-state index < -0.39 is 16.7 Å². The van der Waals surface area contributed by atoms with Gasteiger partial charge in [-0.1, -0.05) is 80.6 Å². The van der Waals surface area contributed by atoms with Gasteiger partial charge < -0.3 is 25.0 Å². The van der Waals surface area contributed by atoms with Gasteiger partial charge in [0.25, 0.3) is 0 Å². The summed E-state index contributed by atoms with van der Waals surface area (Å²) in [5, 5.41) is 24.5. The highest BCUT2D eigenvalue weighted by molar-refractivity contribution is 6.08. The number of aliphatic hydroxyl groups excluding tert-OH is 1. The Hall–Kier alpha value is -4.98. The largest absolute Gasteiger partial charge is 0.508 e. The molecule has 0 unspecified atom stereocenters. The minimum absolute atomic E-state index is 0.0242. The minimum atomic E-state index is -0.937. The summed E-state index contributed by atoms with van der Waals surface area (Å²) in [7, 11) is 1.97. The molecule has 5 aliphatic carbocycles. The number of likely N-dealkylation sites (N-methyl/N-ethyl adjacent to an activating group) is 1. The van der Waals surface area contributed by atoms with Crippen molar-refractivity contribution < 1.29 is 29.3 Å². The number of carbonyl (C=O) groups is 2. The molecule has 6 bridgehead atoms. The number of esters is 2. The van der Waals surface area contributed by atoms with Gasteiger partial charge in [-0.25, -0.2) is 9.59 Å². The quantitative estimate of drug-likeness (QED) is 0.157. The Morgan fingerprint density at radius 3 is 2.58 bits per heavy atom. The topological polar surface area (TPSA) is 105 Å². The van der Waals surface area contributed by atoms with E-state index in [1.165, 1.54) is 5.56 Å². The lowest BCUT2D eigenvalue weighted by atomic mass is 9.38. The Labute approximate surface area is 323 Å². The standard InChI is InChI=1S/C48H49NO6/c1-4-29(23-30-9-6-5-7-10-30)24-40-48-22-18-37-41(43(48)46(53)55-40)36-26-33(51)14-15-34(36)31-11-8-12-32(25-31)38(49-3)19-21-47(37)20-17-35-39(16-13-28(2)27-50)54-45(52)42(35)44(47)48/h5-12,14-16,19,21,24-26,28-29,37-38,44,49-51H,4,13,17-18,20,22-23,27H2,1-3H3/t28-,29-,37+,38-,44-,47-,48-/m0/s1. The summed E-state index contributed by atoms with van der Waals surface area (Å²) < 4.78 is 12.8. The zero-order valence-corrected chi connectivity index (χ0v) is 31.8. The zero-order valence-electron chi connectivity index (χ0n) is 31.8. The van der Waals surface area contributed by atoms with Gasteiger partial charge in [0.1, 0.15) is 17.3 Å². The first-order chi connectivity index (χ1) is 26.7. The number of hydrogen-bond acceptors (Lipinski definition) is 7. The molecule has 7 nitrogen and oxygen atoms in total. The maximum atomic E-state index is 14.9. The lowest BCUT2D eigenvalue weighted by Gasteiger charge is -2.62. The highest BCUT2D eigenvalue weighted by atomic mass is 16.5. The second kappa shape index (κ2) is 13.6. The first-order valence-electron chi connectivity index (χ1n) is 20.0. The van der Waals surface area contributed by atoms with E-state index in [0.29, 0.717) is 41.9 Å². The summed E-state index contributed by atoms with van der Waals surface area (Å²) >= 11 is 0. The van der Waals surface area contributed by atoms with Crippen molar-refractivity contribution in [3.8, 4) is 16.9 Å². The van der Waals surface area contributed by atoms with Crippen LogP contribution in [0.25, 0.3) is 16.7 Å². The van der Waals surface area contributed by atoms with Gasteiger partial charge >= 0.3 is 11.9 Å². The van der Waals surface area contributed by atoms with E-state index in [1.54, 1.807) is 6.07 Å². The Morgan fingerprint density at radius 1 is 0.964 bits per heavy atom. The summed E-state index contributed by atoms with van der Waals surface area (Å²) in [5.74, 6) is 0.211. The number of nitrogens with one attached hydrogen (secondary N) is 1. The van der Waals surface area contributed by atoms with Crippen LogP contribution in [0.3, 0.4) is 0 Å². The molecule has 1 saturated carbocycles. The van der Waals surface area contributed by atoms with E-state index in [4.69, 9.17) is 9.47 Å². The molecule has 0 aromatic heterocycles. The van der Waals surface area contributed by atoms with E-state index in [2.05, 4.69) is 79.0 Å². The van der Waals surface area contributed by atoms with Gasteiger partial charge in [-0.2, -0.15) is 0 Å². The number of carbonyl (C=O) groups excluding carboxylic acids is 2. The fraction of sp³-hybridized carbons (Fsp3) is 0.375. The third-order valence-electron chi connectivity index (χ3n) is 13.6. The molecule has 7 heteroatoms. The first kappa shape index (κ1) is 35.7. The third kappa shape index (κ3) is 5.45. The Morgan fingerprint density at radius 2 is 1.80 bits per heavy atom. The van der Waals surface area contributed by atoms with Crippen molar-refractivity contribution in [2.75, 3.05) is 13.7 Å². The number of allylic oxidation sites excluding steroid dienone is 6. The van der Waals surface area contributed by atoms with Crippen LogP contribution < -0.4 is 5.32 Å². The van der Waals surface area contributed by atoms with Crippen molar-refractivity contribution >= 4 is 17.5 Å². The first-order valence-corrected chi connectivity index (χ1v) is 20.0. The predicted octanol–water partition coefficient (Wildman–Crippen LogP) is 8.91. The maximum absolute atomic E-state index is 14.9. The predicted molar refractivity (Wildman–Crippen MR) is 212 cm³/mol. The summed E-state index contributed by atoms with van der Waals surface area (Å²) in [6, 6.07) is 24.3. The van der Waals surface area contributed by atoms with Crippen molar-refractivity contribution in [2.45, 2.75) is 64.8 Å². The normalized spacial score (nSPS) is 30.0. The molecule has 3 aromatic rings. The highest BCUT2D eigenvalue weighted by Crippen LogP contribution is 2.76. The van der Waals surface area contributed by atoms with E-state index in [0.717, 1.165) is 59.1 Å². The summed E-state index contributed by atoms with van der Waals surface area (Å²) in [5.41, 5.74) is 6.74. The smallest absolute Gasteiger partial charge is 0.340 e. The van der Waals surface area contributed by atoms with Crippen LogP contribution in [0.4, 0.5) is 0 Å². The van der Waals surface area contributed by atoms with Crippen molar-refractivity contribution in [3.63, 3.8) is 0 Å². The van der Waals surface area contributed by atoms with Gasteiger partial charge in [-0.15, -0.1) is 0 Å². The lowest BCUT2D eigenvalue weighted by Crippen LogP contribution is -2.58. The van der Waals surface area contributed by atoms with Gasteiger partial charge in [-0.05, 0) is 133 Å². The van der Waals surface area contributed by atoms with Crippen LogP contribution in [0.15, 0.2) is 125 Å². The Balaban J connectivity index is 1.36. The van der Waals surface area contributed by atoms with Gasteiger partial charge in [-0.3, -0.25) is 0 Å². The van der Waals surface area contributed by atoms with Crippen molar-refractivity contribution in [2.24, 2.45) is 34.5 Å². The average molecular weight is 736 g/mol. The monoisotopic (exact) mass is 735 g/mol. The highest BCUT2D eigenvalue weighted by Gasteiger charge is 2.73. The Bertz CT molecular complexity index is 2240. The van der Waals surface area contributed by atoms with Crippen LogP contribution in [0.2, 0.25) is 0 Å². The third-order valence-corrected chi connectivity index (χ3v) is 13.6. The molecule has 2 aliphatic heterocycles. The van der Waals surface area contributed by atoms with E-state index in [-0.39, 0.29) is 48.1 Å². The van der Waals surface area contributed by atoms with Crippen LogP contribution in [0.1, 0.15) is 75.1 Å². The van der Waals surface area contributed by atoms with Gasteiger partial charge in [0, 0.05) is 29.1 Å². The molecule has 3 aromatic carbocycles. The number of aromatic hydroxyl groups is 1. The molecule has 2 spiro atoms. The molecule has 2 fully saturated rings. The number of rotatable bonds is 8. The number of ether oxygens (including phenoxy) is 2. The second-order valence-electron chi connectivity index (χ2n) is 16.5. The minimum Gasteiger partial charge on any atom is -0.508 e. The summed E-state index contributed by atoms with van der Waals surface area (Å²) in [4.78, 5) is 29.4. The molecular formula is C48H49NO6. The fourth-order valence-electron chi connectivity index (χ4n) is 11.0. The number of cyclic esters (lactones) is 2. The molecule has 10 rings (SSSR count). The molecule has 282 valence electrons. The average Bonchev–Trinajstić information content (AvgIpc) is 3.68. The van der Waals surface area contributed by atoms with Crippen molar-refractivity contribution in [1.82, 2.24) is 5.32 Å². The summed E-state index contributed by atoms with van der Waals surface area (Å²) in [6.45, 7) is 4.20. The number of aliphatic hydroxyl groups is 1.